The molecular weight excluding hydrogens is 311 g/mol. The van der Waals surface area contributed by atoms with Gasteiger partial charge in [-0.25, -0.2) is 4.39 Å². The maximum absolute atomic E-state index is 13.3. The van der Waals surface area contributed by atoms with Crippen molar-refractivity contribution in [2.24, 2.45) is 5.73 Å². The largest absolute Gasteiger partial charge is 0.484 e. The van der Waals surface area contributed by atoms with E-state index in [1.165, 1.54) is 12.1 Å². The van der Waals surface area contributed by atoms with Crippen molar-refractivity contribution in [3.05, 3.63) is 65.5 Å². The molecule has 0 saturated carbocycles. The van der Waals surface area contributed by atoms with Crippen LogP contribution >= 0.6 is 0 Å². The molecule has 0 aliphatic rings. The summed E-state index contributed by atoms with van der Waals surface area (Å²) in [7, 11) is 0. The number of hydrogen-bond donors (Lipinski definition) is 1. The topological polar surface area (TPSA) is 72.6 Å². The maximum atomic E-state index is 13.3. The Morgan fingerprint density at radius 3 is 2.46 bits per heavy atom. The summed E-state index contributed by atoms with van der Waals surface area (Å²) >= 11 is 0. The van der Waals surface area contributed by atoms with Gasteiger partial charge < -0.3 is 15.4 Å². The van der Waals surface area contributed by atoms with Crippen LogP contribution in [0.15, 0.2) is 48.5 Å². The number of halogens is 1. The van der Waals surface area contributed by atoms with Gasteiger partial charge in [0.1, 0.15) is 11.6 Å². The molecular formula is C18H19FN2O3. The van der Waals surface area contributed by atoms with Crippen molar-refractivity contribution < 1.29 is 18.7 Å². The minimum absolute atomic E-state index is 0.164. The molecule has 126 valence electrons. The molecule has 0 unspecified atom stereocenters. The van der Waals surface area contributed by atoms with Crippen LogP contribution in [0.2, 0.25) is 0 Å². The summed E-state index contributed by atoms with van der Waals surface area (Å²) in [6, 6.07) is 12.6. The average molecular weight is 330 g/mol. The van der Waals surface area contributed by atoms with E-state index in [1.54, 1.807) is 41.3 Å². The normalized spacial score (nSPS) is 10.2. The van der Waals surface area contributed by atoms with Crippen molar-refractivity contribution in [1.82, 2.24) is 4.90 Å². The molecule has 0 saturated heterocycles. The number of rotatable bonds is 7. The number of amides is 2. The second-order valence-corrected chi connectivity index (χ2v) is 5.23. The number of nitrogens with zero attached hydrogens (tertiary/aromatic N) is 1. The zero-order chi connectivity index (χ0) is 17.5. The first-order valence-corrected chi connectivity index (χ1v) is 7.54. The SMILES string of the molecule is CCN(Cc1cccc(F)c1)C(=O)c1ccc(OCC(N)=O)cc1. The van der Waals surface area contributed by atoms with Crippen molar-refractivity contribution in [2.75, 3.05) is 13.2 Å². The lowest BCUT2D eigenvalue weighted by Gasteiger charge is -2.21. The average Bonchev–Trinajstić information content (AvgIpc) is 2.58. The Morgan fingerprint density at radius 2 is 1.88 bits per heavy atom. The van der Waals surface area contributed by atoms with Crippen LogP contribution < -0.4 is 10.5 Å². The van der Waals surface area contributed by atoms with Crippen LogP contribution in [0.5, 0.6) is 5.75 Å². The number of carbonyl (C=O) groups is 2. The minimum atomic E-state index is -0.567. The summed E-state index contributed by atoms with van der Waals surface area (Å²) < 4.78 is 18.4. The second kappa shape index (κ2) is 8.10. The van der Waals surface area contributed by atoms with E-state index in [2.05, 4.69) is 0 Å². The fourth-order valence-corrected chi connectivity index (χ4v) is 2.21. The van der Waals surface area contributed by atoms with Crippen molar-refractivity contribution in [3.8, 4) is 5.75 Å². The van der Waals surface area contributed by atoms with Gasteiger partial charge in [-0.3, -0.25) is 9.59 Å². The molecule has 2 N–H and O–H groups in total. The summed E-state index contributed by atoms with van der Waals surface area (Å²) in [4.78, 5) is 24.9. The molecule has 5 nitrogen and oxygen atoms in total. The third-order valence-corrected chi connectivity index (χ3v) is 3.41. The summed E-state index contributed by atoms with van der Waals surface area (Å²) in [6.45, 7) is 2.47. The highest BCUT2D eigenvalue weighted by molar-refractivity contribution is 5.94. The molecule has 2 amide bonds. The van der Waals surface area contributed by atoms with E-state index < -0.39 is 5.91 Å². The molecule has 0 bridgehead atoms. The standard InChI is InChI=1S/C18H19FN2O3/c1-2-21(11-13-4-3-5-15(19)10-13)18(23)14-6-8-16(9-7-14)24-12-17(20)22/h3-10H,2,11-12H2,1H3,(H2,20,22). The molecule has 0 aliphatic heterocycles. The van der Waals surface area contributed by atoms with E-state index in [9.17, 15) is 14.0 Å². The molecule has 0 aromatic heterocycles. The third kappa shape index (κ3) is 4.81. The number of benzene rings is 2. The van der Waals surface area contributed by atoms with Gasteiger partial charge in [-0.05, 0) is 48.9 Å². The Hall–Kier alpha value is -2.89. The number of carbonyl (C=O) groups excluding carboxylic acids is 2. The van der Waals surface area contributed by atoms with Crippen LogP contribution in [-0.4, -0.2) is 29.9 Å². The molecule has 2 rings (SSSR count). The zero-order valence-electron chi connectivity index (χ0n) is 13.4. The zero-order valence-corrected chi connectivity index (χ0v) is 13.4. The lowest BCUT2D eigenvalue weighted by Crippen LogP contribution is -2.30. The van der Waals surface area contributed by atoms with E-state index in [0.29, 0.717) is 24.4 Å². The summed E-state index contributed by atoms with van der Waals surface area (Å²) in [5.74, 6) is -0.601. The highest BCUT2D eigenvalue weighted by Gasteiger charge is 2.15. The molecule has 0 atom stereocenters. The van der Waals surface area contributed by atoms with Crippen molar-refractivity contribution in [1.29, 1.82) is 0 Å². The van der Waals surface area contributed by atoms with Gasteiger partial charge in [0.2, 0.25) is 0 Å². The van der Waals surface area contributed by atoms with E-state index in [4.69, 9.17) is 10.5 Å². The smallest absolute Gasteiger partial charge is 0.255 e. The first kappa shape index (κ1) is 17.5. The van der Waals surface area contributed by atoms with Gasteiger partial charge in [0.05, 0.1) is 0 Å². The number of ether oxygens (including phenoxy) is 1. The third-order valence-electron chi connectivity index (χ3n) is 3.41. The lowest BCUT2D eigenvalue weighted by atomic mass is 10.1. The van der Waals surface area contributed by atoms with Crippen LogP contribution in [0.1, 0.15) is 22.8 Å². The van der Waals surface area contributed by atoms with Crippen molar-refractivity contribution >= 4 is 11.8 Å². The van der Waals surface area contributed by atoms with Gasteiger partial charge in [-0.1, -0.05) is 12.1 Å². The Bertz CT molecular complexity index is 716. The molecule has 0 spiro atoms. The van der Waals surface area contributed by atoms with Crippen LogP contribution in [-0.2, 0) is 11.3 Å². The number of hydrogen-bond acceptors (Lipinski definition) is 3. The molecule has 2 aromatic carbocycles. The quantitative estimate of drug-likeness (QED) is 0.847. The van der Waals surface area contributed by atoms with Crippen LogP contribution in [0, 0.1) is 5.82 Å². The number of primary amides is 1. The van der Waals surface area contributed by atoms with Gasteiger partial charge >= 0.3 is 0 Å². The van der Waals surface area contributed by atoms with Crippen LogP contribution in [0.3, 0.4) is 0 Å². The Balaban J connectivity index is 2.06. The van der Waals surface area contributed by atoms with Gasteiger partial charge in [0.15, 0.2) is 6.61 Å². The molecule has 2 aromatic rings. The Morgan fingerprint density at radius 1 is 1.17 bits per heavy atom. The highest BCUT2D eigenvalue weighted by Crippen LogP contribution is 2.15. The second-order valence-electron chi connectivity index (χ2n) is 5.23. The fraction of sp³-hybridized carbons (Fsp3) is 0.222. The Kier molecular flexibility index (Phi) is 5.89. The molecule has 24 heavy (non-hydrogen) atoms. The van der Waals surface area contributed by atoms with Crippen molar-refractivity contribution in [3.63, 3.8) is 0 Å². The van der Waals surface area contributed by atoms with Gasteiger partial charge in [0, 0.05) is 18.7 Å². The molecule has 0 aliphatic carbocycles. The fourth-order valence-electron chi connectivity index (χ4n) is 2.21. The molecule has 0 fully saturated rings. The van der Waals surface area contributed by atoms with Gasteiger partial charge in [-0.15, -0.1) is 0 Å². The predicted octanol–water partition coefficient (Wildman–Crippen LogP) is 2.35. The van der Waals surface area contributed by atoms with Crippen LogP contribution in [0.25, 0.3) is 0 Å². The minimum Gasteiger partial charge on any atom is -0.484 e. The molecule has 0 radical (unpaired) electrons. The highest BCUT2D eigenvalue weighted by atomic mass is 19.1. The molecule has 6 heteroatoms. The lowest BCUT2D eigenvalue weighted by molar-refractivity contribution is -0.119. The Labute approximate surface area is 139 Å². The van der Waals surface area contributed by atoms with Gasteiger partial charge in [-0.2, -0.15) is 0 Å². The van der Waals surface area contributed by atoms with E-state index in [-0.39, 0.29) is 18.3 Å². The first-order valence-electron chi connectivity index (χ1n) is 7.54. The first-order chi connectivity index (χ1) is 11.5. The summed E-state index contributed by atoms with van der Waals surface area (Å²) in [5.41, 5.74) is 6.22. The predicted molar refractivity (Wildman–Crippen MR) is 87.9 cm³/mol. The van der Waals surface area contributed by atoms with E-state index in [0.717, 1.165) is 5.56 Å². The summed E-state index contributed by atoms with van der Waals surface area (Å²) in [5, 5.41) is 0. The number of nitrogens with two attached hydrogens (primary N) is 1. The van der Waals surface area contributed by atoms with Gasteiger partial charge in [0.25, 0.3) is 11.8 Å². The van der Waals surface area contributed by atoms with E-state index in [1.807, 2.05) is 6.92 Å². The maximum Gasteiger partial charge on any atom is 0.255 e. The molecule has 0 heterocycles. The van der Waals surface area contributed by atoms with Crippen LogP contribution in [0.4, 0.5) is 4.39 Å². The summed E-state index contributed by atoms with van der Waals surface area (Å²) in [6.07, 6.45) is 0. The van der Waals surface area contributed by atoms with Crippen molar-refractivity contribution in [2.45, 2.75) is 13.5 Å². The van der Waals surface area contributed by atoms with E-state index >= 15 is 0 Å². The monoisotopic (exact) mass is 330 g/mol.